The Hall–Kier alpha value is -2.18. The smallest absolute Gasteiger partial charge is 0.265 e. The Labute approximate surface area is 169 Å². The molecule has 0 spiro atoms. The third kappa shape index (κ3) is 4.54. The minimum Gasteiger partial charge on any atom is -0.479 e. The minimum absolute atomic E-state index is 0.124. The molecule has 1 saturated heterocycles. The molecule has 0 aromatic heterocycles. The molecule has 2 aliphatic heterocycles. The summed E-state index contributed by atoms with van der Waals surface area (Å²) in [6.07, 6.45) is 0.812. The zero-order valence-corrected chi connectivity index (χ0v) is 17.9. The van der Waals surface area contributed by atoms with Crippen LogP contribution in [0.5, 0.6) is 5.75 Å². The second-order valence-electron chi connectivity index (χ2n) is 7.27. The van der Waals surface area contributed by atoms with E-state index in [-0.39, 0.29) is 42.5 Å². The quantitative estimate of drug-likeness (QED) is 0.674. The molecule has 2 heterocycles. The van der Waals surface area contributed by atoms with E-state index < -0.39 is 38.0 Å². The van der Waals surface area contributed by atoms with Gasteiger partial charge in [0.25, 0.3) is 15.9 Å². The summed E-state index contributed by atoms with van der Waals surface area (Å²) in [5, 5.41) is 2.64. The van der Waals surface area contributed by atoms with E-state index >= 15 is 0 Å². The fourth-order valence-corrected chi connectivity index (χ4v) is 5.51. The van der Waals surface area contributed by atoms with Crippen LogP contribution in [0.2, 0.25) is 0 Å². The average molecular weight is 446 g/mol. The van der Waals surface area contributed by atoms with Crippen molar-refractivity contribution in [3.05, 3.63) is 17.7 Å². The largest absolute Gasteiger partial charge is 0.479 e. The minimum atomic E-state index is -4.17. The molecule has 10 nitrogen and oxygen atoms in total. The van der Waals surface area contributed by atoms with Crippen LogP contribution in [0.4, 0.5) is 5.69 Å². The summed E-state index contributed by atoms with van der Waals surface area (Å²) < 4.78 is 57.5. The Morgan fingerprint density at radius 2 is 1.83 bits per heavy atom. The van der Waals surface area contributed by atoms with Crippen molar-refractivity contribution in [2.45, 2.75) is 37.7 Å². The van der Waals surface area contributed by atoms with Gasteiger partial charge < -0.3 is 10.1 Å². The molecule has 0 unspecified atom stereocenters. The molecule has 2 amide bonds. The molecule has 12 heteroatoms. The summed E-state index contributed by atoms with van der Waals surface area (Å²) in [5.41, 5.74) is 0.707. The van der Waals surface area contributed by atoms with Gasteiger partial charge in [0.05, 0.1) is 16.8 Å². The van der Waals surface area contributed by atoms with Gasteiger partial charge in [-0.1, -0.05) is 0 Å². The van der Waals surface area contributed by atoms with Crippen LogP contribution < -0.4 is 14.8 Å². The fourth-order valence-electron chi connectivity index (χ4n) is 3.35. The van der Waals surface area contributed by atoms with Crippen LogP contribution in [0.15, 0.2) is 17.0 Å². The molecule has 1 atom stereocenters. The molecule has 2 aliphatic rings. The number of carbonyl (C=O) groups is 2. The number of rotatable bonds is 4. The van der Waals surface area contributed by atoms with Crippen molar-refractivity contribution in [1.29, 1.82) is 0 Å². The number of hydrogen-bond donors (Lipinski definition) is 2. The highest BCUT2D eigenvalue weighted by Gasteiger charge is 2.32. The highest BCUT2D eigenvalue weighted by Crippen LogP contribution is 2.34. The Morgan fingerprint density at radius 1 is 1.21 bits per heavy atom. The molecule has 29 heavy (non-hydrogen) atoms. The number of nitrogens with zero attached hydrogens (tertiary/aromatic N) is 1. The molecule has 0 radical (unpaired) electrons. The first-order valence-corrected chi connectivity index (χ1v) is 12.4. The molecule has 1 aromatic carbocycles. The summed E-state index contributed by atoms with van der Waals surface area (Å²) >= 11 is 0. The molecule has 1 fully saturated rings. The number of piperidine rings is 1. The first-order chi connectivity index (χ1) is 13.4. The maximum atomic E-state index is 12.8. The van der Waals surface area contributed by atoms with Crippen LogP contribution in [0, 0.1) is 12.8 Å². The lowest BCUT2D eigenvalue weighted by molar-refractivity contribution is -0.124. The van der Waals surface area contributed by atoms with Gasteiger partial charge in [-0.05, 0) is 38.3 Å². The maximum absolute atomic E-state index is 12.8. The van der Waals surface area contributed by atoms with E-state index in [2.05, 4.69) is 10.0 Å². The second kappa shape index (κ2) is 7.58. The predicted molar refractivity (Wildman–Crippen MR) is 104 cm³/mol. The molecule has 0 saturated carbocycles. The van der Waals surface area contributed by atoms with Gasteiger partial charge >= 0.3 is 0 Å². The van der Waals surface area contributed by atoms with Crippen LogP contribution >= 0.6 is 0 Å². The summed E-state index contributed by atoms with van der Waals surface area (Å²) in [7, 11) is -7.51. The molecule has 0 bridgehead atoms. The van der Waals surface area contributed by atoms with Gasteiger partial charge in [-0.25, -0.2) is 25.9 Å². The predicted octanol–water partition coefficient (Wildman–Crippen LogP) is 0.191. The van der Waals surface area contributed by atoms with E-state index in [1.165, 1.54) is 23.4 Å². The molecule has 3 rings (SSSR count). The van der Waals surface area contributed by atoms with Crippen molar-refractivity contribution >= 4 is 37.5 Å². The summed E-state index contributed by atoms with van der Waals surface area (Å²) in [6.45, 7) is 3.42. The molecule has 1 aromatic rings. The summed E-state index contributed by atoms with van der Waals surface area (Å²) in [4.78, 5) is 24.1. The van der Waals surface area contributed by atoms with Crippen LogP contribution in [0.3, 0.4) is 0 Å². The average Bonchev–Trinajstić information content (AvgIpc) is 2.61. The van der Waals surface area contributed by atoms with E-state index in [4.69, 9.17) is 4.74 Å². The van der Waals surface area contributed by atoms with E-state index in [0.717, 1.165) is 6.26 Å². The number of benzene rings is 1. The third-order valence-electron chi connectivity index (χ3n) is 5.03. The number of fused-ring (bicyclic) bond motifs is 1. The van der Waals surface area contributed by atoms with E-state index in [9.17, 15) is 26.4 Å². The van der Waals surface area contributed by atoms with Crippen molar-refractivity contribution < 1.29 is 31.2 Å². The first-order valence-electron chi connectivity index (χ1n) is 9.02. The number of hydrogen-bond acceptors (Lipinski definition) is 7. The standard InChI is InChI=1S/C17H23N3O7S2/c1-10-8-13-14(27-11(2)16(21)18-13)9-15(10)29(25,26)19-17(22)12-4-6-20(7-5-12)28(3,23)24/h8-9,11-12H,4-7H2,1-3H3,(H,18,21)(H,19,22)/t11-/m1/s1. The van der Waals surface area contributed by atoms with Gasteiger partial charge in [0, 0.05) is 25.1 Å². The monoisotopic (exact) mass is 445 g/mol. The molecular formula is C17H23N3O7S2. The lowest BCUT2D eigenvalue weighted by Gasteiger charge is -2.29. The van der Waals surface area contributed by atoms with E-state index in [1.807, 2.05) is 0 Å². The van der Waals surface area contributed by atoms with Gasteiger partial charge in [0.1, 0.15) is 5.75 Å². The van der Waals surface area contributed by atoms with Crippen molar-refractivity contribution in [2.75, 3.05) is 24.7 Å². The Morgan fingerprint density at radius 3 is 2.41 bits per heavy atom. The highest BCUT2D eigenvalue weighted by molar-refractivity contribution is 7.90. The number of sulfonamides is 2. The second-order valence-corrected chi connectivity index (χ2v) is 10.9. The van der Waals surface area contributed by atoms with E-state index in [0.29, 0.717) is 11.3 Å². The van der Waals surface area contributed by atoms with Gasteiger partial charge in [-0.15, -0.1) is 0 Å². The zero-order chi connectivity index (χ0) is 21.6. The Balaban J connectivity index is 1.76. The van der Waals surface area contributed by atoms with Crippen molar-refractivity contribution in [3.63, 3.8) is 0 Å². The van der Waals surface area contributed by atoms with Crippen molar-refractivity contribution in [1.82, 2.24) is 9.03 Å². The van der Waals surface area contributed by atoms with Crippen LogP contribution in [-0.4, -0.2) is 58.4 Å². The third-order valence-corrected chi connectivity index (χ3v) is 7.82. The Kier molecular flexibility index (Phi) is 5.62. The molecular weight excluding hydrogens is 422 g/mol. The van der Waals surface area contributed by atoms with Crippen molar-refractivity contribution in [3.8, 4) is 5.75 Å². The number of carbonyl (C=O) groups excluding carboxylic acids is 2. The normalized spacial score (nSPS) is 21.1. The van der Waals surface area contributed by atoms with Crippen LogP contribution in [-0.2, 0) is 29.6 Å². The number of nitrogens with one attached hydrogen (secondary N) is 2. The number of anilines is 1. The Bertz CT molecular complexity index is 1060. The lowest BCUT2D eigenvalue weighted by atomic mass is 9.98. The van der Waals surface area contributed by atoms with Crippen LogP contribution in [0.1, 0.15) is 25.3 Å². The zero-order valence-electron chi connectivity index (χ0n) is 16.3. The number of aryl methyl sites for hydroxylation is 1. The summed E-state index contributed by atoms with van der Waals surface area (Å²) in [5.74, 6) is -1.40. The first kappa shape index (κ1) is 21.5. The van der Waals surface area contributed by atoms with Crippen molar-refractivity contribution in [2.24, 2.45) is 5.92 Å². The fraction of sp³-hybridized carbons (Fsp3) is 0.529. The molecule has 0 aliphatic carbocycles. The molecule has 160 valence electrons. The van der Waals surface area contributed by atoms with Gasteiger partial charge in [0.15, 0.2) is 6.10 Å². The SMILES string of the molecule is Cc1cc2c(cc1S(=O)(=O)NC(=O)C1CCN(S(C)(=O)=O)CC1)O[C@H](C)C(=O)N2. The lowest BCUT2D eigenvalue weighted by Crippen LogP contribution is -2.44. The van der Waals surface area contributed by atoms with Gasteiger partial charge in [-0.2, -0.15) is 0 Å². The molecule has 2 N–H and O–H groups in total. The van der Waals surface area contributed by atoms with Gasteiger partial charge in [-0.3, -0.25) is 9.59 Å². The van der Waals surface area contributed by atoms with Crippen LogP contribution in [0.25, 0.3) is 0 Å². The maximum Gasteiger partial charge on any atom is 0.265 e. The topological polar surface area (TPSA) is 139 Å². The van der Waals surface area contributed by atoms with Gasteiger partial charge in [0.2, 0.25) is 15.9 Å². The highest BCUT2D eigenvalue weighted by atomic mass is 32.2. The number of ether oxygens (including phenoxy) is 1. The summed E-state index contributed by atoms with van der Waals surface area (Å²) in [6, 6.07) is 2.76. The van der Waals surface area contributed by atoms with E-state index in [1.54, 1.807) is 6.92 Å². The number of amides is 2.